The molecule has 0 N–H and O–H groups in total. The topological polar surface area (TPSA) is 49.9 Å². The third kappa shape index (κ3) is 5.84. The summed E-state index contributed by atoms with van der Waals surface area (Å²) in [6, 6.07) is 14.4. The lowest BCUT2D eigenvalue weighted by Crippen LogP contribution is -2.50. The molecule has 1 aliphatic rings. The number of piperazine rings is 1. The van der Waals surface area contributed by atoms with Crippen LogP contribution in [0, 0.1) is 5.82 Å². The van der Waals surface area contributed by atoms with Gasteiger partial charge in [-0.05, 0) is 42.2 Å². The highest BCUT2D eigenvalue weighted by molar-refractivity contribution is 7.98. The number of benzene rings is 2. The number of nitrogens with zero attached hydrogens (tertiary/aromatic N) is 2. The molecule has 7 heteroatoms. The molecule has 0 radical (unpaired) electrons. The van der Waals surface area contributed by atoms with Crippen LogP contribution in [0.4, 0.5) is 10.1 Å². The summed E-state index contributed by atoms with van der Waals surface area (Å²) < 4.78 is 18.9. The van der Waals surface area contributed by atoms with Gasteiger partial charge in [0, 0.05) is 37.2 Å². The van der Waals surface area contributed by atoms with E-state index in [1.165, 1.54) is 12.1 Å². The summed E-state index contributed by atoms with van der Waals surface area (Å²) in [7, 11) is 0. The number of anilines is 1. The minimum atomic E-state index is -0.558. The smallest absolute Gasteiger partial charge is 0.331 e. The molecule has 0 unspecified atom stereocenters. The normalized spacial score (nSPS) is 14.3. The molecular weight excluding hydrogens is 391 g/mol. The zero-order valence-corrected chi connectivity index (χ0v) is 17.0. The lowest BCUT2D eigenvalue weighted by atomic mass is 10.2. The van der Waals surface area contributed by atoms with E-state index in [2.05, 4.69) is 0 Å². The molecule has 5 nitrogen and oxygen atoms in total. The van der Waals surface area contributed by atoms with Crippen molar-refractivity contribution in [3.63, 3.8) is 0 Å². The summed E-state index contributed by atoms with van der Waals surface area (Å²) in [6.07, 6.45) is 4.97. The highest BCUT2D eigenvalue weighted by Crippen LogP contribution is 2.20. The maximum atomic E-state index is 13.9. The van der Waals surface area contributed by atoms with Gasteiger partial charge in [0.05, 0.1) is 5.69 Å². The van der Waals surface area contributed by atoms with Gasteiger partial charge in [-0.2, -0.15) is 0 Å². The number of halogens is 1. The number of hydrogen-bond donors (Lipinski definition) is 0. The standard InChI is InChI=1S/C22H23FN2O3S/c1-29-18-9-6-17(7-10-18)8-11-22(27)28-16-21(26)25-14-12-24(13-15-25)20-5-3-2-4-19(20)23/h2-11H,12-16H2,1H3/b11-8+. The van der Waals surface area contributed by atoms with Crippen LogP contribution < -0.4 is 4.90 Å². The molecular formula is C22H23FN2O3S. The van der Waals surface area contributed by atoms with Gasteiger partial charge in [-0.3, -0.25) is 4.79 Å². The van der Waals surface area contributed by atoms with Crippen LogP contribution in [0.3, 0.4) is 0 Å². The highest BCUT2D eigenvalue weighted by Gasteiger charge is 2.23. The van der Waals surface area contributed by atoms with Gasteiger partial charge in [-0.15, -0.1) is 11.8 Å². The Morgan fingerprint density at radius 3 is 2.41 bits per heavy atom. The first-order valence-corrected chi connectivity index (χ1v) is 10.6. The average Bonchev–Trinajstić information content (AvgIpc) is 2.77. The second-order valence-electron chi connectivity index (χ2n) is 6.53. The number of carbonyl (C=O) groups is 2. The second-order valence-corrected chi connectivity index (χ2v) is 7.41. The predicted octanol–water partition coefficient (Wildman–Crippen LogP) is 3.45. The summed E-state index contributed by atoms with van der Waals surface area (Å²) in [5.41, 5.74) is 1.43. The van der Waals surface area contributed by atoms with E-state index in [0.717, 1.165) is 10.5 Å². The Labute approximate surface area is 174 Å². The van der Waals surface area contributed by atoms with E-state index in [4.69, 9.17) is 4.74 Å². The van der Waals surface area contributed by atoms with Crippen molar-refractivity contribution in [1.82, 2.24) is 4.90 Å². The number of thioether (sulfide) groups is 1. The Morgan fingerprint density at radius 1 is 1.07 bits per heavy atom. The van der Waals surface area contributed by atoms with Gasteiger partial charge in [0.1, 0.15) is 5.82 Å². The Kier molecular flexibility index (Phi) is 7.30. The Bertz CT molecular complexity index is 878. The maximum Gasteiger partial charge on any atom is 0.331 e. The fourth-order valence-corrected chi connectivity index (χ4v) is 3.46. The van der Waals surface area contributed by atoms with Crippen molar-refractivity contribution in [3.8, 4) is 0 Å². The monoisotopic (exact) mass is 414 g/mol. The first kappa shape index (κ1) is 20.9. The van der Waals surface area contributed by atoms with E-state index in [-0.39, 0.29) is 18.3 Å². The fraction of sp³-hybridized carbons (Fsp3) is 0.273. The van der Waals surface area contributed by atoms with Crippen molar-refractivity contribution in [2.45, 2.75) is 4.90 Å². The number of hydrogen-bond acceptors (Lipinski definition) is 5. The van der Waals surface area contributed by atoms with E-state index in [0.29, 0.717) is 31.9 Å². The number of rotatable bonds is 6. The minimum Gasteiger partial charge on any atom is -0.452 e. The number of ether oxygens (including phenoxy) is 1. The first-order chi connectivity index (χ1) is 14.1. The third-order valence-corrected chi connectivity index (χ3v) is 5.43. The molecule has 0 aliphatic carbocycles. The van der Waals surface area contributed by atoms with E-state index >= 15 is 0 Å². The van der Waals surface area contributed by atoms with E-state index in [1.54, 1.807) is 40.9 Å². The van der Waals surface area contributed by atoms with Gasteiger partial charge >= 0.3 is 5.97 Å². The van der Waals surface area contributed by atoms with Crippen LogP contribution in [-0.4, -0.2) is 55.8 Å². The molecule has 0 aromatic heterocycles. The third-order valence-electron chi connectivity index (χ3n) is 4.69. The van der Waals surface area contributed by atoms with Crippen LogP contribution in [0.1, 0.15) is 5.56 Å². The molecule has 2 aromatic rings. The van der Waals surface area contributed by atoms with Gasteiger partial charge < -0.3 is 14.5 Å². The van der Waals surface area contributed by atoms with E-state index in [1.807, 2.05) is 35.4 Å². The van der Waals surface area contributed by atoms with Crippen molar-refractivity contribution in [3.05, 3.63) is 66.0 Å². The number of carbonyl (C=O) groups excluding carboxylic acids is 2. The Hall–Kier alpha value is -2.80. The molecule has 1 amide bonds. The van der Waals surface area contributed by atoms with Crippen LogP contribution in [0.5, 0.6) is 0 Å². The van der Waals surface area contributed by atoms with Crippen molar-refractivity contribution < 1.29 is 18.7 Å². The van der Waals surface area contributed by atoms with Crippen LogP contribution in [0.2, 0.25) is 0 Å². The summed E-state index contributed by atoms with van der Waals surface area (Å²) in [4.78, 5) is 28.8. The second kappa shape index (κ2) is 10.1. The van der Waals surface area contributed by atoms with E-state index < -0.39 is 5.97 Å². The molecule has 0 saturated carbocycles. The minimum absolute atomic E-state index is 0.246. The largest absolute Gasteiger partial charge is 0.452 e. The molecule has 1 fully saturated rings. The Morgan fingerprint density at radius 2 is 1.76 bits per heavy atom. The molecule has 0 bridgehead atoms. The molecule has 2 aromatic carbocycles. The maximum absolute atomic E-state index is 13.9. The molecule has 29 heavy (non-hydrogen) atoms. The molecule has 1 heterocycles. The molecule has 0 atom stereocenters. The van der Waals surface area contributed by atoms with Crippen LogP contribution >= 0.6 is 11.8 Å². The average molecular weight is 415 g/mol. The lowest BCUT2D eigenvalue weighted by Gasteiger charge is -2.36. The first-order valence-electron chi connectivity index (χ1n) is 9.33. The van der Waals surface area contributed by atoms with Crippen molar-refractivity contribution in [1.29, 1.82) is 0 Å². The molecule has 152 valence electrons. The molecule has 1 saturated heterocycles. The van der Waals surface area contributed by atoms with Gasteiger partial charge in [-0.1, -0.05) is 24.3 Å². The summed E-state index contributed by atoms with van der Waals surface area (Å²) in [5.74, 6) is -1.07. The van der Waals surface area contributed by atoms with Gasteiger partial charge in [0.15, 0.2) is 6.61 Å². The zero-order valence-electron chi connectivity index (χ0n) is 16.2. The van der Waals surface area contributed by atoms with Crippen LogP contribution in [0.25, 0.3) is 6.08 Å². The highest BCUT2D eigenvalue weighted by atomic mass is 32.2. The van der Waals surface area contributed by atoms with Crippen LogP contribution in [0.15, 0.2) is 59.5 Å². The van der Waals surface area contributed by atoms with Crippen molar-refractivity contribution in [2.75, 3.05) is 43.9 Å². The van der Waals surface area contributed by atoms with Crippen molar-refractivity contribution >= 4 is 35.4 Å². The van der Waals surface area contributed by atoms with Gasteiger partial charge in [-0.25, -0.2) is 9.18 Å². The van der Waals surface area contributed by atoms with Gasteiger partial charge in [0.2, 0.25) is 0 Å². The van der Waals surface area contributed by atoms with E-state index in [9.17, 15) is 14.0 Å². The van der Waals surface area contributed by atoms with Crippen molar-refractivity contribution in [2.24, 2.45) is 0 Å². The van der Waals surface area contributed by atoms with Crippen LogP contribution in [-0.2, 0) is 14.3 Å². The molecule has 1 aliphatic heterocycles. The zero-order chi connectivity index (χ0) is 20.6. The number of esters is 1. The predicted molar refractivity (Wildman–Crippen MR) is 113 cm³/mol. The quantitative estimate of drug-likeness (QED) is 0.412. The number of para-hydroxylation sites is 1. The molecule has 0 spiro atoms. The number of amides is 1. The van der Waals surface area contributed by atoms with Gasteiger partial charge in [0.25, 0.3) is 5.91 Å². The summed E-state index contributed by atoms with van der Waals surface area (Å²) >= 11 is 1.65. The summed E-state index contributed by atoms with van der Waals surface area (Å²) in [6.45, 7) is 1.69. The fourth-order valence-electron chi connectivity index (χ4n) is 3.06. The summed E-state index contributed by atoms with van der Waals surface area (Å²) in [5, 5.41) is 0. The molecule has 3 rings (SSSR count). The SMILES string of the molecule is CSc1ccc(/C=C/C(=O)OCC(=O)N2CCN(c3ccccc3F)CC2)cc1. The Balaban J connectivity index is 1.43. The lowest BCUT2D eigenvalue weighted by molar-refractivity contribution is -0.148.